The summed E-state index contributed by atoms with van der Waals surface area (Å²) in [4.78, 5) is 19.4. The van der Waals surface area contributed by atoms with E-state index in [0.29, 0.717) is 0 Å². The summed E-state index contributed by atoms with van der Waals surface area (Å²) in [6, 6.07) is 10.2. The maximum absolute atomic E-state index is 13.1. The Morgan fingerprint density at radius 1 is 1.13 bits per heavy atom. The molecule has 0 atom stereocenters. The fraction of sp³-hybridized carbons (Fsp3) is 0.300. The van der Waals surface area contributed by atoms with Gasteiger partial charge in [-0.15, -0.1) is 0 Å². The van der Waals surface area contributed by atoms with Crippen LogP contribution in [0, 0.1) is 20.8 Å². The Morgan fingerprint density at radius 2 is 1.91 bits per heavy atom. The molecule has 3 heteroatoms. The Labute approximate surface area is 137 Å². The van der Waals surface area contributed by atoms with E-state index in [1.807, 2.05) is 37.8 Å². The molecule has 0 aromatic heterocycles. The van der Waals surface area contributed by atoms with Gasteiger partial charge in [0, 0.05) is 18.3 Å². The minimum Gasteiger partial charge on any atom is -0.307 e. The number of hydrogen-bond acceptors (Lipinski definition) is 2. The van der Waals surface area contributed by atoms with Crippen molar-refractivity contribution in [1.82, 2.24) is 0 Å². The summed E-state index contributed by atoms with van der Waals surface area (Å²) in [6.07, 6.45) is 2.71. The van der Waals surface area contributed by atoms with Crippen LogP contribution in [0.2, 0.25) is 0 Å². The summed E-state index contributed by atoms with van der Waals surface area (Å²) < 4.78 is 0. The van der Waals surface area contributed by atoms with Gasteiger partial charge in [0.25, 0.3) is 5.91 Å². The Morgan fingerprint density at radius 3 is 2.65 bits per heavy atom. The fourth-order valence-electron chi connectivity index (χ4n) is 3.31. The number of benzene rings is 2. The van der Waals surface area contributed by atoms with Crippen molar-refractivity contribution in [2.24, 2.45) is 4.99 Å². The molecule has 3 rings (SSSR count). The summed E-state index contributed by atoms with van der Waals surface area (Å²) in [6.45, 7) is 8.71. The molecule has 0 saturated carbocycles. The Kier molecular flexibility index (Phi) is 4.03. The van der Waals surface area contributed by atoms with Gasteiger partial charge in [0.05, 0.1) is 11.4 Å². The van der Waals surface area contributed by atoms with Gasteiger partial charge in [0.1, 0.15) is 0 Å². The molecular formula is C20H22N2O. The molecule has 0 spiro atoms. The topological polar surface area (TPSA) is 32.7 Å². The van der Waals surface area contributed by atoms with Crippen molar-refractivity contribution in [3.8, 4) is 0 Å². The van der Waals surface area contributed by atoms with E-state index >= 15 is 0 Å². The first-order valence-electron chi connectivity index (χ1n) is 8.03. The van der Waals surface area contributed by atoms with Crippen molar-refractivity contribution in [2.45, 2.75) is 34.1 Å². The third kappa shape index (κ3) is 2.67. The number of carbonyl (C=O) groups excluding carboxylic acids is 1. The molecule has 0 bridgehead atoms. The monoisotopic (exact) mass is 306 g/mol. The summed E-state index contributed by atoms with van der Waals surface area (Å²) in [5, 5.41) is 0. The lowest BCUT2D eigenvalue weighted by molar-refractivity contribution is 0.0988. The number of para-hydroxylation sites is 1. The van der Waals surface area contributed by atoms with Crippen molar-refractivity contribution in [3.05, 3.63) is 58.1 Å². The molecule has 1 aliphatic heterocycles. The SMILES string of the molecule is C/C=N/c1cc(C)c(C(=O)N2CCc3cccc(C)c32)cc1C. The van der Waals surface area contributed by atoms with Crippen LogP contribution in [0.15, 0.2) is 35.3 Å². The molecule has 2 aromatic rings. The van der Waals surface area contributed by atoms with Crippen LogP contribution < -0.4 is 4.90 Å². The molecule has 3 nitrogen and oxygen atoms in total. The first kappa shape index (κ1) is 15.5. The Bertz CT molecular complexity index is 806. The molecule has 0 aliphatic carbocycles. The zero-order valence-corrected chi connectivity index (χ0v) is 14.2. The van der Waals surface area contributed by atoms with Crippen LogP contribution in [0.4, 0.5) is 11.4 Å². The average molecular weight is 306 g/mol. The number of aliphatic imine (C=N–C) groups is 1. The maximum atomic E-state index is 13.1. The molecule has 0 N–H and O–H groups in total. The molecular weight excluding hydrogens is 284 g/mol. The van der Waals surface area contributed by atoms with E-state index in [-0.39, 0.29) is 5.91 Å². The minimum atomic E-state index is 0.0886. The van der Waals surface area contributed by atoms with Gasteiger partial charge in [0.15, 0.2) is 0 Å². The van der Waals surface area contributed by atoms with E-state index in [1.165, 1.54) is 5.56 Å². The molecule has 118 valence electrons. The van der Waals surface area contributed by atoms with Crippen molar-refractivity contribution in [2.75, 3.05) is 11.4 Å². The van der Waals surface area contributed by atoms with E-state index in [2.05, 4.69) is 30.1 Å². The Balaban J connectivity index is 2.02. The van der Waals surface area contributed by atoms with E-state index in [4.69, 9.17) is 0 Å². The normalized spacial score (nSPS) is 13.7. The lowest BCUT2D eigenvalue weighted by Crippen LogP contribution is -2.30. The first-order chi connectivity index (χ1) is 11.0. The third-order valence-corrected chi connectivity index (χ3v) is 4.48. The van der Waals surface area contributed by atoms with E-state index in [9.17, 15) is 4.79 Å². The number of carbonyl (C=O) groups is 1. The zero-order valence-electron chi connectivity index (χ0n) is 14.2. The number of aryl methyl sites for hydroxylation is 3. The van der Waals surface area contributed by atoms with Gasteiger partial charge >= 0.3 is 0 Å². The fourth-order valence-corrected chi connectivity index (χ4v) is 3.31. The largest absolute Gasteiger partial charge is 0.307 e. The number of amides is 1. The van der Waals surface area contributed by atoms with Crippen LogP contribution in [-0.4, -0.2) is 18.7 Å². The van der Waals surface area contributed by atoms with E-state index in [1.54, 1.807) is 6.21 Å². The molecule has 0 saturated heterocycles. The van der Waals surface area contributed by atoms with Gasteiger partial charge in [-0.25, -0.2) is 0 Å². The summed E-state index contributed by atoms with van der Waals surface area (Å²) in [7, 11) is 0. The highest BCUT2D eigenvalue weighted by atomic mass is 16.2. The zero-order chi connectivity index (χ0) is 16.6. The minimum absolute atomic E-state index is 0.0886. The number of anilines is 1. The number of nitrogens with zero attached hydrogens (tertiary/aromatic N) is 2. The Hall–Kier alpha value is -2.42. The highest BCUT2D eigenvalue weighted by molar-refractivity contribution is 6.09. The van der Waals surface area contributed by atoms with E-state index in [0.717, 1.165) is 46.6 Å². The van der Waals surface area contributed by atoms with Gasteiger partial charge < -0.3 is 4.90 Å². The number of rotatable bonds is 2. The van der Waals surface area contributed by atoms with Crippen LogP contribution >= 0.6 is 0 Å². The average Bonchev–Trinajstić information content (AvgIpc) is 2.95. The van der Waals surface area contributed by atoms with Gasteiger partial charge in [-0.3, -0.25) is 9.79 Å². The van der Waals surface area contributed by atoms with Crippen molar-refractivity contribution in [3.63, 3.8) is 0 Å². The van der Waals surface area contributed by atoms with Crippen molar-refractivity contribution in [1.29, 1.82) is 0 Å². The molecule has 0 unspecified atom stereocenters. The standard InChI is InChI=1S/C20H22N2O/c1-5-21-18-12-14(3)17(11-15(18)4)20(23)22-10-9-16-8-6-7-13(2)19(16)22/h5-8,11-12H,9-10H2,1-4H3/b21-5+. The lowest BCUT2D eigenvalue weighted by atomic mass is 10.0. The molecule has 1 aliphatic rings. The van der Waals surface area contributed by atoms with Gasteiger partial charge in [-0.2, -0.15) is 0 Å². The molecule has 1 heterocycles. The first-order valence-corrected chi connectivity index (χ1v) is 8.03. The second kappa shape index (κ2) is 5.99. The van der Waals surface area contributed by atoms with Crippen molar-refractivity contribution >= 4 is 23.5 Å². The van der Waals surface area contributed by atoms with Gasteiger partial charge in [-0.1, -0.05) is 18.2 Å². The second-order valence-electron chi connectivity index (χ2n) is 6.13. The van der Waals surface area contributed by atoms with Crippen molar-refractivity contribution < 1.29 is 4.79 Å². The summed E-state index contributed by atoms with van der Waals surface area (Å²) in [5.41, 5.74) is 7.22. The third-order valence-electron chi connectivity index (χ3n) is 4.48. The lowest BCUT2D eigenvalue weighted by Gasteiger charge is -2.21. The van der Waals surface area contributed by atoms with Gasteiger partial charge in [0.2, 0.25) is 0 Å². The predicted octanol–water partition coefficient (Wildman–Crippen LogP) is 4.54. The molecule has 23 heavy (non-hydrogen) atoms. The van der Waals surface area contributed by atoms with Crippen LogP contribution in [0.5, 0.6) is 0 Å². The smallest absolute Gasteiger partial charge is 0.258 e. The maximum Gasteiger partial charge on any atom is 0.258 e. The predicted molar refractivity (Wildman–Crippen MR) is 96.3 cm³/mol. The molecule has 0 fully saturated rings. The highest BCUT2D eigenvalue weighted by Gasteiger charge is 2.27. The molecule has 1 amide bonds. The van der Waals surface area contributed by atoms with Crippen LogP contribution in [0.25, 0.3) is 0 Å². The number of fused-ring (bicyclic) bond motifs is 1. The quantitative estimate of drug-likeness (QED) is 0.750. The molecule has 0 radical (unpaired) electrons. The van der Waals surface area contributed by atoms with Crippen LogP contribution in [0.3, 0.4) is 0 Å². The second-order valence-corrected chi connectivity index (χ2v) is 6.13. The summed E-state index contributed by atoms with van der Waals surface area (Å²) in [5.74, 6) is 0.0886. The highest BCUT2D eigenvalue weighted by Crippen LogP contribution is 2.33. The van der Waals surface area contributed by atoms with Crippen LogP contribution in [-0.2, 0) is 6.42 Å². The summed E-state index contributed by atoms with van der Waals surface area (Å²) >= 11 is 0. The van der Waals surface area contributed by atoms with Gasteiger partial charge in [-0.05, 0) is 68.5 Å². The number of hydrogen-bond donors (Lipinski definition) is 0. The van der Waals surface area contributed by atoms with E-state index < -0.39 is 0 Å². The van der Waals surface area contributed by atoms with Crippen LogP contribution in [0.1, 0.15) is 39.5 Å². The molecule has 2 aromatic carbocycles.